The van der Waals surface area contributed by atoms with E-state index in [4.69, 9.17) is 4.74 Å². The van der Waals surface area contributed by atoms with Gasteiger partial charge in [0.25, 0.3) is 10.0 Å². The van der Waals surface area contributed by atoms with Crippen molar-refractivity contribution in [3.63, 3.8) is 0 Å². The molecule has 0 bridgehead atoms. The van der Waals surface area contributed by atoms with Crippen LogP contribution in [0.3, 0.4) is 0 Å². The standard InChI is InChI=1S/C23H29N3O5S/c1-4-31-23(28)25-15-13-24(14-16-25)22(27)17-26(21-12-8-9-18(2)19(21)3)32(29,30)20-10-6-5-7-11-20/h5-12H,4,13-17H2,1-3H3. The third-order valence-corrected chi connectivity index (χ3v) is 7.39. The topological polar surface area (TPSA) is 87.2 Å². The first-order valence-corrected chi connectivity index (χ1v) is 12.0. The first-order chi connectivity index (χ1) is 15.3. The van der Waals surface area contributed by atoms with Crippen LogP contribution in [0, 0.1) is 13.8 Å². The largest absolute Gasteiger partial charge is 0.450 e. The zero-order chi connectivity index (χ0) is 23.3. The summed E-state index contributed by atoms with van der Waals surface area (Å²) >= 11 is 0. The van der Waals surface area contributed by atoms with Gasteiger partial charge in [-0.3, -0.25) is 9.10 Å². The van der Waals surface area contributed by atoms with Crippen molar-refractivity contribution in [2.75, 3.05) is 43.6 Å². The van der Waals surface area contributed by atoms with Crippen molar-refractivity contribution in [3.8, 4) is 0 Å². The van der Waals surface area contributed by atoms with Crippen LogP contribution in [0.5, 0.6) is 0 Å². The average Bonchev–Trinajstić information content (AvgIpc) is 2.80. The molecule has 0 spiro atoms. The van der Waals surface area contributed by atoms with E-state index in [0.717, 1.165) is 11.1 Å². The normalized spacial score (nSPS) is 14.2. The SMILES string of the molecule is CCOC(=O)N1CCN(C(=O)CN(c2cccc(C)c2C)S(=O)(=O)c2ccccc2)CC1. The number of carbonyl (C=O) groups excluding carboxylic acids is 2. The molecule has 2 aromatic carbocycles. The van der Waals surface area contributed by atoms with Crippen LogP contribution in [0.15, 0.2) is 53.4 Å². The third-order valence-electron chi connectivity index (χ3n) is 5.61. The van der Waals surface area contributed by atoms with E-state index in [1.54, 1.807) is 47.1 Å². The number of carbonyl (C=O) groups is 2. The van der Waals surface area contributed by atoms with Gasteiger partial charge >= 0.3 is 6.09 Å². The molecule has 0 atom stereocenters. The average molecular weight is 460 g/mol. The van der Waals surface area contributed by atoms with E-state index in [9.17, 15) is 18.0 Å². The van der Waals surface area contributed by atoms with Gasteiger partial charge in [0.05, 0.1) is 17.2 Å². The van der Waals surface area contributed by atoms with Gasteiger partial charge in [-0.1, -0.05) is 30.3 Å². The van der Waals surface area contributed by atoms with Gasteiger partial charge in [0.1, 0.15) is 6.54 Å². The molecule has 1 saturated heterocycles. The molecule has 1 fully saturated rings. The predicted molar refractivity (Wildman–Crippen MR) is 122 cm³/mol. The van der Waals surface area contributed by atoms with Crippen molar-refractivity contribution in [1.82, 2.24) is 9.80 Å². The highest BCUT2D eigenvalue weighted by molar-refractivity contribution is 7.92. The van der Waals surface area contributed by atoms with Gasteiger partial charge in [-0.25, -0.2) is 13.2 Å². The van der Waals surface area contributed by atoms with Crippen LogP contribution in [-0.4, -0.2) is 69.5 Å². The molecule has 0 aliphatic carbocycles. The quantitative estimate of drug-likeness (QED) is 0.663. The second kappa shape index (κ2) is 10.0. The number of piperazine rings is 1. The molecule has 2 aromatic rings. The highest BCUT2D eigenvalue weighted by atomic mass is 32.2. The molecule has 1 aliphatic heterocycles. The van der Waals surface area contributed by atoms with Crippen molar-refractivity contribution >= 4 is 27.7 Å². The molecule has 1 heterocycles. The first-order valence-electron chi connectivity index (χ1n) is 10.6. The number of sulfonamides is 1. The van der Waals surface area contributed by atoms with Crippen molar-refractivity contribution in [1.29, 1.82) is 0 Å². The van der Waals surface area contributed by atoms with Gasteiger partial charge in [-0.05, 0) is 50.1 Å². The van der Waals surface area contributed by atoms with Crippen LogP contribution < -0.4 is 4.31 Å². The number of rotatable bonds is 6. The van der Waals surface area contributed by atoms with Gasteiger partial charge in [0, 0.05) is 26.2 Å². The lowest BCUT2D eigenvalue weighted by molar-refractivity contribution is -0.131. The highest BCUT2D eigenvalue weighted by Gasteiger charge is 2.32. The lowest BCUT2D eigenvalue weighted by Crippen LogP contribution is -2.53. The first kappa shape index (κ1) is 23.6. The molecule has 0 radical (unpaired) electrons. The second-order valence-corrected chi connectivity index (χ2v) is 9.47. The summed E-state index contributed by atoms with van der Waals surface area (Å²) in [5.74, 6) is -0.311. The highest BCUT2D eigenvalue weighted by Crippen LogP contribution is 2.28. The number of benzene rings is 2. The lowest BCUT2D eigenvalue weighted by atomic mass is 10.1. The number of anilines is 1. The number of hydrogen-bond acceptors (Lipinski definition) is 5. The maximum Gasteiger partial charge on any atom is 0.409 e. The van der Waals surface area contributed by atoms with Crippen LogP contribution in [0.2, 0.25) is 0 Å². The van der Waals surface area contributed by atoms with E-state index in [1.807, 2.05) is 19.9 Å². The maximum absolute atomic E-state index is 13.5. The van der Waals surface area contributed by atoms with Crippen LogP contribution in [0.1, 0.15) is 18.1 Å². The fraction of sp³-hybridized carbons (Fsp3) is 0.391. The predicted octanol–water partition coefficient (Wildman–Crippen LogP) is 2.80. The van der Waals surface area contributed by atoms with Crippen LogP contribution in [-0.2, 0) is 19.6 Å². The number of ether oxygens (including phenoxy) is 1. The lowest BCUT2D eigenvalue weighted by Gasteiger charge is -2.35. The Morgan fingerprint density at radius 3 is 2.19 bits per heavy atom. The molecule has 0 saturated carbocycles. The summed E-state index contributed by atoms with van der Waals surface area (Å²) in [6.45, 7) is 6.81. The second-order valence-electron chi connectivity index (χ2n) is 7.61. The van der Waals surface area contributed by atoms with Crippen molar-refractivity contribution < 1.29 is 22.7 Å². The maximum atomic E-state index is 13.5. The van der Waals surface area contributed by atoms with Gasteiger partial charge < -0.3 is 14.5 Å². The number of nitrogens with zero attached hydrogens (tertiary/aromatic N) is 3. The monoisotopic (exact) mass is 459 g/mol. The number of aryl methyl sites for hydroxylation is 1. The van der Waals surface area contributed by atoms with Crippen LogP contribution in [0.4, 0.5) is 10.5 Å². The minimum Gasteiger partial charge on any atom is -0.450 e. The molecule has 0 unspecified atom stereocenters. The Hall–Kier alpha value is -3.07. The molecule has 0 N–H and O–H groups in total. The Bertz CT molecular complexity index is 1060. The van der Waals surface area contributed by atoms with Crippen LogP contribution >= 0.6 is 0 Å². The van der Waals surface area contributed by atoms with Crippen molar-refractivity contribution in [2.24, 2.45) is 0 Å². The van der Waals surface area contributed by atoms with E-state index < -0.39 is 16.1 Å². The summed E-state index contributed by atoms with van der Waals surface area (Å²) in [5, 5.41) is 0. The number of amides is 2. The molecule has 3 rings (SSSR count). The summed E-state index contributed by atoms with van der Waals surface area (Å²) in [6.07, 6.45) is -0.400. The number of hydrogen-bond donors (Lipinski definition) is 0. The molecule has 172 valence electrons. The van der Waals surface area contributed by atoms with E-state index in [0.29, 0.717) is 38.5 Å². The van der Waals surface area contributed by atoms with Gasteiger partial charge in [0.2, 0.25) is 5.91 Å². The van der Waals surface area contributed by atoms with Gasteiger partial charge in [-0.15, -0.1) is 0 Å². The van der Waals surface area contributed by atoms with E-state index in [-0.39, 0.29) is 17.3 Å². The zero-order valence-corrected chi connectivity index (χ0v) is 19.5. The molecule has 0 aromatic heterocycles. The smallest absolute Gasteiger partial charge is 0.409 e. The summed E-state index contributed by atoms with van der Waals surface area (Å²) in [5.41, 5.74) is 2.21. The molecule has 8 nitrogen and oxygen atoms in total. The van der Waals surface area contributed by atoms with Gasteiger partial charge in [0.15, 0.2) is 0 Å². The Kier molecular flexibility index (Phi) is 7.40. The Morgan fingerprint density at radius 2 is 1.56 bits per heavy atom. The fourth-order valence-electron chi connectivity index (χ4n) is 3.60. The Morgan fingerprint density at radius 1 is 0.938 bits per heavy atom. The molecule has 9 heteroatoms. The zero-order valence-electron chi connectivity index (χ0n) is 18.7. The summed E-state index contributed by atoms with van der Waals surface area (Å²) in [6, 6.07) is 13.5. The van der Waals surface area contributed by atoms with Crippen molar-refractivity contribution in [2.45, 2.75) is 25.7 Å². The molecule has 32 heavy (non-hydrogen) atoms. The van der Waals surface area contributed by atoms with E-state index in [1.165, 1.54) is 16.4 Å². The molecule has 1 aliphatic rings. The van der Waals surface area contributed by atoms with E-state index in [2.05, 4.69) is 0 Å². The minimum absolute atomic E-state index is 0.126. The fourth-order valence-corrected chi connectivity index (χ4v) is 5.09. The Balaban J connectivity index is 1.85. The summed E-state index contributed by atoms with van der Waals surface area (Å²) < 4.78 is 33.2. The summed E-state index contributed by atoms with van der Waals surface area (Å²) in [4.78, 5) is 28.3. The third kappa shape index (κ3) is 5.04. The van der Waals surface area contributed by atoms with E-state index >= 15 is 0 Å². The van der Waals surface area contributed by atoms with Crippen LogP contribution in [0.25, 0.3) is 0 Å². The van der Waals surface area contributed by atoms with Gasteiger partial charge in [-0.2, -0.15) is 0 Å². The van der Waals surface area contributed by atoms with Crippen molar-refractivity contribution in [3.05, 3.63) is 59.7 Å². The Labute approximate surface area is 189 Å². The molecular weight excluding hydrogens is 430 g/mol. The summed E-state index contributed by atoms with van der Waals surface area (Å²) in [7, 11) is -3.96. The molecule has 2 amide bonds. The molecular formula is C23H29N3O5S. The minimum atomic E-state index is -3.96.